The van der Waals surface area contributed by atoms with E-state index in [4.69, 9.17) is 27.6 Å². The third-order valence-corrected chi connectivity index (χ3v) is 5.52. The molecule has 3 aromatic rings. The highest BCUT2D eigenvalue weighted by Gasteiger charge is 2.24. The highest BCUT2D eigenvalue weighted by Crippen LogP contribution is 2.33. The summed E-state index contributed by atoms with van der Waals surface area (Å²) in [6, 6.07) is 14.7. The Labute approximate surface area is 184 Å². The van der Waals surface area contributed by atoms with Crippen LogP contribution in [0.3, 0.4) is 0 Å². The van der Waals surface area contributed by atoms with E-state index in [0.29, 0.717) is 37.9 Å². The van der Waals surface area contributed by atoms with Crippen molar-refractivity contribution < 1.29 is 14.1 Å². The molecule has 1 aromatic heterocycles. The summed E-state index contributed by atoms with van der Waals surface area (Å²) in [5, 5.41) is 14.8. The van der Waals surface area contributed by atoms with E-state index < -0.39 is 4.92 Å². The minimum absolute atomic E-state index is 0.0455. The lowest BCUT2D eigenvalue weighted by molar-refractivity contribution is -0.384. The number of nitro groups is 1. The molecule has 1 aliphatic heterocycles. The Morgan fingerprint density at radius 3 is 2.60 bits per heavy atom. The van der Waals surface area contributed by atoms with Gasteiger partial charge in [0, 0.05) is 22.7 Å². The predicted octanol–water partition coefficient (Wildman–Crippen LogP) is 6.05. The van der Waals surface area contributed by atoms with E-state index in [9.17, 15) is 14.9 Å². The molecule has 1 amide bonds. The molecule has 10 heteroatoms. The lowest BCUT2D eigenvalue weighted by Crippen LogP contribution is -2.19. The number of hydrogen-bond donors (Lipinski definition) is 1. The summed E-state index contributed by atoms with van der Waals surface area (Å²) < 4.78 is 5.73. The number of halogens is 2. The molecule has 1 N–H and O–H groups in total. The highest BCUT2D eigenvalue weighted by molar-refractivity contribution is 8.18. The lowest BCUT2D eigenvalue weighted by Gasteiger charge is -1.99. The minimum Gasteiger partial charge on any atom is -0.457 e. The second kappa shape index (κ2) is 8.35. The maximum absolute atomic E-state index is 12.2. The van der Waals surface area contributed by atoms with Crippen molar-refractivity contribution in [3.8, 4) is 11.3 Å². The molecule has 0 aliphatic carbocycles. The smallest absolute Gasteiger partial charge is 0.288 e. The number of aliphatic imine (C=N–C) groups is 1. The van der Waals surface area contributed by atoms with Gasteiger partial charge in [-0.2, -0.15) is 0 Å². The number of thioether (sulfide) groups is 1. The maximum Gasteiger partial charge on any atom is 0.288 e. The first-order valence-electron chi connectivity index (χ1n) is 8.48. The first-order chi connectivity index (χ1) is 14.4. The van der Waals surface area contributed by atoms with Crippen LogP contribution in [0.15, 0.2) is 68.9 Å². The molecule has 0 bridgehead atoms. The molecule has 1 fully saturated rings. The van der Waals surface area contributed by atoms with E-state index in [1.165, 1.54) is 23.9 Å². The van der Waals surface area contributed by atoms with Gasteiger partial charge in [0.25, 0.3) is 11.6 Å². The Balaban J connectivity index is 1.56. The van der Waals surface area contributed by atoms with Gasteiger partial charge < -0.3 is 9.73 Å². The molecule has 2 heterocycles. The predicted molar refractivity (Wildman–Crippen MR) is 118 cm³/mol. The summed E-state index contributed by atoms with van der Waals surface area (Å²) in [4.78, 5) is 27.5. The molecule has 2 aromatic carbocycles. The van der Waals surface area contributed by atoms with Gasteiger partial charge in [-0.3, -0.25) is 14.9 Å². The van der Waals surface area contributed by atoms with Gasteiger partial charge in [-0.05, 0) is 60.3 Å². The van der Waals surface area contributed by atoms with Crippen LogP contribution in [0.1, 0.15) is 5.76 Å². The zero-order valence-corrected chi connectivity index (χ0v) is 17.3. The zero-order valence-electron chi connectivity index (χ0n) is 15.0. The van der Waals surface area contributed by atoms with Crippen molar-refractivity contribution in [3.63, 3.8) is 0 Å². The molecule has 0 unspecified atom stereocenters. The molecule has 0 spiro atoms. The monoisotopic (exact) mass is 459 g/mol. The van der Waals surface area contributed by atoms with E-state index >= 15 is 0 Å². The number of hydrogen-bond acceptors (Lipinski definition) is 6. The largest absolute Gasteiger partial charge is 0.457 e. The van der Waals surface area contributed by atoms with Gasteiger partial charge >= 0.3 is 0 Å². The first kappa shape index (κ1) is 20.2. The fourth-order valence-electron chi connectivity index (χ4n) is 2.63. The fraction of sp³-hybridized carbons (Fsp3) is 0. The summed E-state index contributed by atoms with van der Waals surface area (Å²) in [6.07, 6.45) is 1.58. The van der Waals surface area contributed by atoms with Crippen LogP contribution in [0.5, 0.6) is 0 Å². The molecule has 0 radical (unpaired) electrons. The molecule has 30 heavy (non-hydrogen) atoms. The van der Waals surface area contributed by atoms with Gasteiger partial charge in [-0.15, -0.1) is 0 Å². The normalized spacial score (nSPS) is 16.3. The molecular formula is C20H11Cl2N3O4S. The minimum atomic E-state index is -0.557. The van der Waals surface area contributed by atoms with Gasteiger partial charge in [0.1, 0.15) is 16.5 Å². The molecule has 1 saturated heterocycles. The molecule has 0 atom stereocenters. The van der Waals surface area contributed by atoms with Crippen molar-refractivity contribution >= 4 is 63.5 Å². The van der Waals surface area contributed by atoms with Crippen molar-refractivity contribution in [1.82, 2.24) is 5.32 Å². The zero-order chi connectivity index (χ0) is 21.3. The van der Waals surface area contributed by atoms with Crippen LogP contribution in [0.4, 0.5) is 11.4 Å². The van der Waals surface area contributed by atoms with Crippen LogP contribution >= 0.6 is 35.0 Å². The van der Waals surface area contributed by atoms with Crippen LogP contribution in [0, 0.1) is 10.1 Å². The third kappa shape index (κ3) is 4.40. The summed E-state index contributed by atoms with van der Waals surface area (Å²) >= 11 is 12.9. The maximum atomic E-state index is 12.2. The van der Waals surface area contributed by atoms with E-state index in [2.05, 4.69) is 10.3 Å². The number of nitro benzene ring substituents is 1. The number of carbonyl (C=O) groups excluding carboxylic acids is 1. The van der Waals surface area contributed by atoms with Crippen LogP contribution in [0.25, 0.3) is 17.4 Å². The average Bonchev–Trinajstić information content (AvgIpc) is 3.31. The third-order valence-electron chi connectivity index (χ3n) is 4.04. The molecule has 7 nitrogen and oxygen atoms in total. The topological polar surface area (TPSA) is 97.7 Å². The summed E-state index contributed by atoms with van der Waals surface area (Å²) in [5.74, 6) is 0.542. The first-order valence-corrected chi connectivity index (χ1v) is 10.1. The Morgan fingerprint density at radius 1 is 1.10 bits per heavy atom. The van der Waals surface area contributed by atoms with Gasteiger partial charge in [-0.25, -0.2) is 4.99 Å². The number of nitrogens with zero attached hydrogens (tertiary/aromatic N) is 2. The van der Waals surface area contributed by atoms with E-state index in [1.807, 2.05) is 0 Å². The molecule has 1 aliphatic rings. The van der Waals surface area contributed by atoms with Crippen LogP contribution in [0.2, 0.25) is 10.0 Å². The van der Waals surface area contributed by atoms with Crippen molar-refractivity contribution in [2.24, 2.45) is 4.99 Å². The van der Waals surface area contributed by atoms with E-state index in [0.717, 1.165) is 0 Å². The SMILES string of the molecule is O=C1NC(=Nc2ccc(Cl)cc2)S/C1=C\c1ccc(-c2ccc(Cl)c([N+](=O)[O-])c2)o1. The van der Waals surface area contributed by atoms with Gasteiger partial charge in [0.05, 0.1) is 15.5 Å². The average molecular weight is 460 g/mol. The van der Waals surface area contributed by atoms with Crippen LogP contribution in [-0.2, 0) is 4.79 Å². The molecule has 150 valence electrons. The lowest BCUT2D eigenvalue weighted by atomic mass is 10.1. The number of rotatable bonds is 4. The van der Waals surface area contributed by atoms with Crippen molar-refractivity contribution in [3.05, 3.63) is 85.4 Å². The van der Waals surface area contributed by atoms with Gasteiger partial charge in [-0.1, -0.05) is 23.2 Å². The Morgan fingerprint density at radius 2 is 1.87 bits per heavy atom. The summed E-state index contributed by atoms with van der Waals surface area (Å²) in [5.41, 5.74) is 0.955. The number of nitrogens with one attached hydrogen (secondary N) is 1. The Bertz CT molecular complexity index is 1220. The number of amidine groups is 1. The summed E-state index contributed by atoms with van der Waals surface area (Å²) in [7, 11) is 0. The number of carbonyl (C=O) groups is 1. The number of amides is 1. The highest BCUT2D eigenvalue weighted by atomic mass is 35.5. The quantitative estimate of drug-likeness (QED) is 0.290. The summed E-state index contributed by atoms with van der Waals surface area (Å²) in [6.45, 7) is 0. The number of benzene rings is 2. The number of furan rings is 1. The fourth-order valence-corrected chi connectivity index (χ4v) is 3.77. The van der Waals surface area contributed by atoms with Crippen molar-refractivity contribution in [1.29, 1.82) is 0 Å². The molecule has 0 saturated carbocycles. The van der Waals surface area contributed by atoms with Crippen LogP contribution in [-0.4, -0.2) is 16.0 Å². The molecule has 4 rings (SSSR count). The van der Waals surface area contributed by atoms with Crippen molar-refractivity contribution in [2.75, 3.05) is 0 Å². The van der Waals surface area contributed by atoms with E-state index in [-0.39, 0.29) is 16.6 Å². The van der Waals surface area contributed by atoms with E-state index in [1.54, 1.807) is 48.5 Å². The standard InChI is InChI=1S/C20H11Cl2N3O4S/c21-12-2-4-13(5-3-12)23-20-24-19(26)18(30-20)10-14-6-8-17(29-14)11-1-7-15(22)16(9-11)25(27)28/h1-10H,(H,23,24,26)/b18-10-. The van der Waals surface area contributed by atoms with Gasteiger partial charge in [0.15, 0.2) is 5.17 Å². The second-order valence-corrected chi connectivity index (χ2v) is 7.96. The van der Waals surface area contributed by atoms with Crippen molar-refractivity contribution in [2.45, 2.75) is 0 Å². The van der Waals surface area contributed by atoms with Gasteiger partial charge in [0.2, 0.25) is 0 Å². The van der Waals surface area contributed by atoms with Crippen LogP contribution < -0.4 is 5.32 Å². The second-order valence-electron chi connectivity index (χ2n) is 6.08. The molecular weight excluding hydrogens is 449 g/mol. The Hall–Kier alpha value is -3.07. The Kier molecular flexibility index (Phi) is 5.63.